The molecule has 164 valence electrons. The van der Waals surface area contributed by atoms with Gasteiger partial charge in [0.15, 0.2) is 26.5 Å². The normalized spacial score (nSPS) is 12.7. The lowest BCUT2D eigenvalue weighted by Crippen LogP contribution is -2.11. The third-order valence-corrected chi connectivity index (χ3v) is 7.55. The van der Waals surface area contributed by atoms with Crippen molar-refractivity contribution in [3.8, 4) is 22.2 Å². The van der Waals surface area contributed by atoms with Crippen LogP contribution in [0.2, 0.25) is 0 Å². The van der Waals surface area contributed by atoms with Gasteiger partial charge in [-0.1, -0.05) is 6.92 Å². The van der Waals surface area contributed by atoms with E-state index in [4.69, 9.17) is 0 Å². The van der Waals surface area contributed by atoms with E-state index in [1.54, 1.807) is 20.3 Å². The molecule has 0 unspecified atom stereocenters. The fourth-order valence-electron chi connectivity index (χ4n) is 3.26. The fraction of sp³-hybridized carbons (Fsp3) is 0.333. The lowest BCUT2D eigenvalue weighted by molar-refractivity contribution is -0.141. The van der Waals surface area contributed by atoms with Crippen LogP contribution in [0.5, 0.6) is 0 Å². The molecule has 0 saturated carbocycles. The molecule has 0 aliphatic heterocycles. The second-order valence-corrected chi connectivity index (χ2v) is 10.3. The summed E-state index contributed by atoms with van der Waals surface area (Å²) < 4.78 is 67.9. The number of imidazole rings is 2. The van der Waals surface area contributed by atoms with Crippen LogP contribution in [0.1, 0.15) is 17.6 Å². The maximum atomic E-state index is 13.1. The van der Waals surface area contributed by atoms with Gasteiger partial charge in [-0.25, -0.2) is 28.4 Å². The fourth-order valence-corrected chi connectivity index (χ4v) is 5.27. The van der Waals surface area contributed by atoms with Crippen molar-refractivity contribution in [2.24, 2.45) is 14.1 Å². The molecule has 0 fully saturated rings. The molecule has 0 spiro atoms. The number of nitrogens with zero attached hydrogens (tertiary/aromatic N) is 6. The summed E-state index contributed by atoms with van der Waals surface area (Å²) in [7, 11) is -0.583. The highest BCUT2D eigenvalue weighted by atomic mass is 32.2. The smallest absolute Gasteiger partial charge is 0.324 e. The molecule has 13 heteroatoms. The Bertz CT molecular complexity index is 1420. The number of sulfone groups is 1. The summed E-state index contributed by atoms with van der Waals surface area (Å²) in [5.41, 5.74) is -0.644. The van der Waals surface area contributed by atoms with Gasteiger partial charge in [-0.15, -0.1) is 11.3 Å². The summed E-state index contributed by atoms with van der Waals surface area (Å²) in [5.74, 6) is 0.338. The third-order valence-electron chi connectivity index (χ3n) is 4.83. The first-order valence-electron chi connectivity index (χ1n) is 9.06. The molecule has 0 atom stereocenters. The van der Waals surface area contributed by atoms with E-state index in [1.807, 2.05) is 6.92 Å². The Labute approximate surface area is 179 Å². The van der Waals surface area contributed by atoms with Crippen LogP contribution >= 0.6 is 11.3 Å². The van der Waals surface area contributed by atoms with Crippen LogP contribution in [0.4, 0.5) is 13.2 Å². The quantitative estimate of drug-likeness (QED) is 0.452. The van der Waals surface area contributed by atoms with Gasteiger partial charge in [0.2, 0.25) is 0 Å². The van der Waals surface area contributed by atoms with Gasteiger partial charge < -0.3 is 9.13 Å². The van der Waals surface area contributed by atoms with E-state index in [-0.39, 0.29) is 27.8 Å². The average molecular weight is 471 g/mol. The monoisotopic (exact) mass is 470 g/mol. The molecule has 0 N–H and O–H groups in total. The maximum Gasteiger partial charge on any atom is 0.433 e. The molecule has 0 radical (unpaired) electrons. The molecule has 4 heterocycles. The van der Waals surface area contributed by atoms with Crippen molar-refractivity contribution in [1.82, 2.24) is 29.1 Å². The van der Waals surface area contributed by atoms with Gasteiger partial charge in [0, 0.05) is 20.3 Å². The Kier molecular flexibility index (Phi) is 4.92. The minimum atomic E-state index is -4.62. The number of aryl methyl sites for hydroxylation is 2. The molecule has 0 aromatic carbocycles. The summed E-state index contributed by atoms with van der Waals surface area (Å²) >= 11 is 1.35. The van der Waals surface area contributed by atoms with Crippen molar-refractivity contribution >= 4 is 32.2 Å². The zero-order valence-corrected chi connectivity index (χ0v) is 18.5. The highest BCUT2D eigenvalue weighted by Gasteiger charge is 2.34. The SMILES string of the molecule is CCS(=O)(=O)c1c(-c2nc3cc(C(F)(F)F)ncc3n2C)nc(-c2cnc(C)s2)n1C. The van der Waals surface area contributed by atoms with E-state index < -0.39 is 21.7 Å². The second-order valence-electron chi connectivity index (χ2n) is 6.85. The van der Waals surface area contributed by atoms with Gasteiger partial charge in [-0.2, -0.15) is 13.2 Å². The van der Waals surface area contributed by atoms with Gasteiger partial charge in [-0.05, 0) is 13.0 Å². The van der Waals surface area contributed by atoms with Crippen molar-refractivity contribution in [3.63, 3.8) is 0 Å². The standard InChI is InChI=1S/C18H17F3N6O2S2/c1-5-31(28,29)17-14(25-15(27(17)4)12-8-22-9(2)30-12)16-24-10-6-13(18(19,20)21)23-7-11(10)26(16)3/h6-8H,5H2,1-4H3. The predicted molar refractivity (Wildman–Crippen MR) is 109 cm³/mol. The maximum absolute atomic E-state index is 13.1. The lowest BCUT2D eigenvalue weighted by Gasteiger charge is -2.07. The Morgan fingerprint density at radius 3 is 2.35 bits per heavy atom. The molecule has 0 bridgehead atoms. The molecule has 0 aliphatic carbocycles. The number of hydrogen-bond acceptors (Lipinski definition) is 7. The number of halogens is 3. The molecule has 8 nitrogen and oxygen atoms in total. The van der Waals surface area contributed by atoms with Crippen LogP contribution in [0.25, 0.3) is 33.3 Å². The minimum Gasteiger partial charge on any atom is -0.324 e. The highest BCUT2D eigenvalue weighted by molar-refractivity contribution is 7.91. The van der Waals surface area contributed by atoms with Gasteiger partial charge in [-0.3, -0.25) is 0 Å². The molecule has 0 saturated heterocycles. The molecule has 31 heavy (non-hydrogen) atoms. The molecule has 0 amide bonds. The number of fused-ring (bicyclic) bond motifs is 1. The van der Waals surface area contributed by atoms with E-state index in [0.717, 1.165) is 17.3 Å². The molecular formula is C18H17F3N6O2S2. The average Bonchev–Trinajstić information content (AvgIpc) is 3.36. The Morgan fingerprint density at radius 2 is 1.77 bits per heavy atom. The van der Waals surface area contributed by atoms with Crippen LogP contribution in [0.15, 0.2) is 23.5 Å². The zero-order chi connectivity index (χ0) is 22.7. The first-order chi connectivity index (χ1) is 14.4. The number of rotatable bonds is 4. The number of hydrogen-bond donors (Lipinski definition) is 0. The van der Waals surface area contributed by atoms with E-state index >= 15 is 0 Å². The first kappa shape index (κ1) is 21.4. The van der Waals surface area contributed by atoms with Crippen molar-refractivity contribution in [1.29, 1.82) is 0 Å². The van der Waals surface area contributed by atoms with E-state index in [2.05, 4.69) is 19.9 Å². The van der Waals surface area contributed by atoms with Crippen LogP contribution in [0, 0.1) is 6.92 Å². The van der Waals surface area contributed by atoms with Gasteiger partial charge in [0.05, 0.1) is 32.9 Å². The van der Waals surface area contributed by atoms with Crippen LogP contribution < -0.4 is 0 Å². The third kappa shape index (κ3) is 3.51. The summed E-state index contributed by atoms with van der Waals surface area (Å²) in [4.78, 5) is 17.2. The molecule has 4 rings (SSSR count). The van der Waals surface area contributed by atoms with Gasteiger partial charge in [0.25, 0.3) is 0 Å². The van der Waals surface area contributed by atoms with Gasteiger partial charge in [0.1, 0.15) is 11.4 Å². The Morgan fingerprint density at radius 1 is 1.06 bits per heavy atom. The summed E-state index contributed by atoms with van der Waals surface area (Å²) in [6.07, 6.45) is -1.95. The molecule has 4 aromatic heterocycles. The van der Waals surface area contributed by atoms with Crippen LogP contribution in [-0.2, 0) is 30.1 Å². The van der Waals surface area contributed by atoms with Crippen molar-refractivity contribution in [3.05, 3.63) is 29.2 Å². The number of alkyl halides is 3. The lowest BCUT2D eigenvalue weighted by atomic mass is 10.3. The number of thiazole rings is 1. The van der Waals surface area contributed by atoms with Crippen molar-refractivity contribution in [2.45, 2.75) is 25.0 Å². The molecular weight excluding hydrogens is 453 g/mol. The van der Waals surface area contributed by atoms with Crippen molar-refractivity contribution in [2.75, 3.05) is 5.75 Å². The largest absolute Gasteiger partial charge is 0.433 e. The summed E-state index contributed by atoms with van der Waals surface area (Å²) in [6, 6.07) is 0.837. The van der Waals surface area contributed by atoms with Crippen LogP contribution in [0.3, 0.4) is 0 Å². The van der Waals surface area contributed by atoms with Crippen LogP contribution in [-0.4, -0.2) is 43.2 Å². The van der Waals surface area contributed by atoms with E-state index in [1.165, 1.54) is 27.4 Å². The number of pyridine rings is 1. The minimum absolute atomic E-state index is 0.0421. The first-order valence-corrected chi connectivity index (χ1v) is 11.5. The topological polar surface area (TPSA) is 95.6 Å². The van der Waals surface area contributed by atoms with E-state index in [9.17, 15) is 21.6 Å². The highest BCUT2D eigenvalue weighted by Crippen LogP contribution is 2.36. The summed E-state index contributed by atoms with van der Waals surface area (Å²) in [6.45, 7) is 3.33. The van der Waals surface area contributed by atoms with E-state index in [0.29, 0.717) is 16.2 Å². The second kappa shape index (κ2) is 7.12. The Balaban J connectivity index is 2.01. The van der Waals surface area contributed by atoms with Crippen molar-refractivity contribution < 1.29 is 21.6 Å². The molecule has 4 aromatic rings. The molecule has 0 aliphatic rings. The van der Waals surface area contributed by atoms with Gasteiger partial charge >= 0.3 is 6.18 Å². The number of aromatic nitrogens is 6. The Hall–Kier alpha value is -2.80. The summed E-state index contributed by atoms with van der Waals surface area (Å²) in [5, 5.41) is 0.728. The predicted octanol–water partition coefficient (Wildman–Crippen LogP) is 3.61. The zero-order valence-electron chi connectivity index (χ0n) is 16.9.